The molecule has 1 aliphatic heterocycles. The molecule has 0 saturated carbocycles. The van der Waals surface area contributed by atoms with Gasteiger partial charge in [0.2, 0.25) is 0 Å². The van der Waals surface area contributed by atoms with Crippen molar-refractivity contribution in [2.45, 2.75) is 12.8 Å². The van der Waals surface area contributed by atoms with Crippen LogP contribution in [0.5, 0.6) is 0 Å². The van der Waals surface area contributed by atoms with Crippen molar-refractivity contribution < 1.29 is 0 Å². The summed E-state index contributed by atoms with van der Waals surface area (Å²) in [6.45, 7) is 2.45. The summed E-state index contributed by atoms with van der Waals surface area (Å²) in [6, 6.07) is 8.21. The van der Waals surface area contributed by atoms with Crippen LogP contribution < -0.4 is 5.73 Å². The van der Waals surface area contributed by atoms with E-state index in [9.17, 15) is 0 Å². The van der Waals surface area contributed by atoms with Crippen molar-refractivity contribution in [1.29, 1.82) is 0 Å². The first kappa shape index (κ1) is 9.53. The highest BCUT2D eigenvalue weighted by molar-refractivity contribution is 5.46. The van der Waals surface area contributed by atoms with Gasteiger partial charge in [0.05, 0.1) is 0 Å². The lowest BCUT2D eigenvalue weighted by Gasteiger charge is -2.11. The quantitative estimate of drug-likeness (QED) is 0.720. The zero-order valence-corrected chi connectivity index (χ0v) is 8.74. The first-order valence-electron chi connectivity index (χ1n) is 5.27. The van der Waals surface area contributed by atoms with E-state index in [1.54, 1.807) is 0 Å². The van der Waals surface area contributed by atoms with E-state index in [1.165, 1.54) is 25.1 Å². The van der Waals surface area contributed by atoms with Crippen LogP contribution in [0.25, 0.3) is 0 Å². The number of nitrogen functional groups attached to an aromatic ring is 1. The van der Waals surface area contributed by atoms with E-state index in [4.69, 9.17) is 5.73 Å². The summed E-state index contributed by atoms with van der Waals surface area (Å²) in [4.78, 5) is 2.39. The maximum absolute atomic E-state index is 5.92. The van der Waals surface area contributed by atoms with Crippen LogP contribution in [0.4, 0.5) is 5.69 Å². The molecule has 1 saturated heterocycles. The van der Waals surface area contributed by atoms with Gasteiger partial charge in [-0.15, -0.1) is 0 Å². The van der Waals surface area contributed by atoms with E-state index in [0.717, 1.165) is 18.0 Å². The largest absolute Gasteiger partial charge is 0.399 e. The first-order chi connectivity index (χ1) is 6.75. The maximum Gasteiger partial charge on any atom is 0.0346 e. The van der Waals surface area contributed by atoms with Crippen molar-refractivity contribution >= 4 is 5.69 Å². The molecule has 1 unspecified atom stereocenters. The van der Waals surface area contributed by atoms with Crippen molar-refractivity contribution in [1.82, 2.24) is 4.90 Å². The molecule has 1 aromatic rings. The van der Waals surface area contributed by atoms with Crippen LogP contribution in [-0.4, -0.2) is 25.0 Å². The Morgan fingerprint density at radius 1 is 1.43 bits per heavy atom. The number of nitrogens with zero attached hydrogens (tertiary/aromatic N) is 1. The van der Waals surface area contributed by atoms with E-state index in [0.29, 0.717) is 0 Å². The predicted molar refractivity (Wildman–Crippen MR) is 60.2 cm³/mol. The third-order valence-corrected chi connectivity index (χ3v) is 3.05. The Morgan fingerprint density at radius 3 is 2.86 bits per heavy atom. The van der Waals surface area contributed by atoms with Crippen molar-refractivity contribution in [3.05, 3.63) is 29.8 Å². The molecule has 1 aromatic carbocycles. The predicted octanol–water partition coefficient (Wildman–Crippen LogP) is 1.76. The van der Waals surface area contributed by atoms with Gasteiger partial charge in [-0.2, -0.15) is 0 Å². The third kappa shape index (κ3) is 2.07. The van der Waals surface area contributed by atoms with Crippen molar-refractivity contribution in [2.24, 2.45) is 5.92 Å². The minimum atomic E-state index is 0.796. The molecule has 0 radical (unpaired) electrons. The monoisotopic (exact) mass is 190 g/mol. The topological polar surface area (TPSA) is 29.3 Å². The lowest BCUT2D eigenvalue weighted by molar-refractivity contribution is 0.394. The van der Waals surface area contributed by atoms with Gasteiger partial charge in [-0.25, -0.2) is 0 Å². The highest BCUT2D eigenvalue weighted by Crippen LogP contribution is 2.22. The Kier molecular flexibility index (Phi) is 2.73. The fourth-order valence-electron chi connectivity index (χ4n) is 2.22. The standard InChI is InChI=1S/C12H18N2/c1-14-7-6-10(9-14)8-11-4-2-3-5-12(11)13/h2-5,10H,6-9,13H2,1H3. The summed E-state index contributed by atoms with van der Waals surface area (Å²) in [5.41, 5.74) is 8.18. The van der Waals surface area contributed by atoms with Gasteiger partial charge in [-0.3, -0.25) is 0 Å². The summed E-state index contributed by atoms with van der Waals surface area (Å²) in [5, 5.41) is 0. The lowest BCUT2D eigenvalue weighted by atomic mass is 9.98. The molecule has 76 valence electrons. The number of benzene rings is 1. The first-order valence-corrected chi connectivity index (χ1v) is 5.27. The summed E-state index contributed by atoms with van der Waals surface area (Å²) in [6.07, 6.45) is 2.45. The summed E-state index contributed by atoms with van der Waals surface area (Å²) in [7, 11) is 2.19. The Balaban J connectivity index is 2.01. The van der Waals surface area contributed by atoms with Crippen LogP contribution in [0.2, 0.25) is 0 Å². The molecule has 2 nitrogen and oxygen atoms in total. The van der Waals surface area contributed by atoms with Gasteiger partial charge in [-0.05, 0) is 44.0 Å². The van der Waals surface area contributed by atoms with E-state index < -0.39 is 0 Å². The highest BCUT2D eigenvalue weighted by atomic mass is 15.1. The second-order valence-electron chi connectivity index (χ2n) is 4.32. The number of hydrogen-bond donors (Lipinski definition) is 1. The Bertz CT molecular complexity index is 309. The van der Waals surface area contributed by atoms with E-state index in [1.807, 2.05) is 12.1 Å². The molecule has 2 N–H and O–H groups in total. The molecular weight excluding hydrogens is 172 g/mol. The Labute approximate surface area is 85.7 Å². The second-order valence-corrected chi connectivity index (χ2v) is 4.32. The van der Waals surface area contributed by atoms with Gasteiger partial charge >= 0.3 is 0 Å². The van der Waals surface area contributed by atoms with Gasteiger partial charge in [0, 0.05) is 12.2 Å². The smallest absolute Gasteiger partial charge is 0.0346 e. The fourth-order valence-corrected chi connectivity index (χ4v) is 2.22. The highest BCUT2D eigenvalue weighted by Gasteiger charge is 2.19. The molecule has 0 amide bonds. The van der Waals surface area contributed by atoms with Gasteiger partial charge in [0.1, 0.15) is 0 Å². The minimum Gasteiger partial charge on any atom is -0.399 e. The Morgan fingerprint density at radius 2 is 2.21 bits per heavy atom. The number of likely N-dealkylation sites (tertiary alicyclic amines) is 1. The number of hydrogen-bond acceptors (Lipinski definition) is 2. The molecule has 0 spiro atoms. The van der Waals surface area contributed by atoms with Crippen LogP contribution in [0, 0.1) is 5.92 Å². The molecule has 1 atom stereocenters. The summed E-state index contributed by atoms with van der Waals surface area (Å²) in [5.74, 6) is 0.796. The average molecular weight is 190 g/mol. The fraction of sp³-hybridized carbons (Fsp3) is 0.500. The number of para-hydroxylation sites is 1. The van der Waals surface area contributed by atoms with Crippen LogP contribution in [0.15, 0.2) is 24.3 Å². The average Bonchev–Trinajstić information content (AvgIpc) is 2.56. The van der Waals surface area contributed by atoms with E-state index in [2.05, 4.69) is 24.1 Å². The number of anilines is 1. The molecule has 0 aromatic heterocycles. The van der Waals surface area contributed by atoms with Crippen LogP contribution in [0.1, 0.15) is 12.0 Å². The van der Waals surface area contributed by atoms with Crippen molar-refractivity contribution in [3.63, 3.8) is 0 Å². The van der Waals surface area contributed by atoms with E-state index in [-0.39, 0.29) is 0 Å². The SMILES string of the molecule is CN1CCC(Cc2ccccc2N)C1. The van der Waals surface area contributed by atoms with Gasteiger partial charge < -0.3 is 10.6 Å². The van der Waals surface area contributed by atoms with Gasteiger partial charge in [-0.1, -0.05) is 18.2 Å². The molecular formula is C12H18N2. The number of rotatable bonds is 2. The number of nitrogens with two attached hydrogens (primary N) is 1. The molecule has 1 fully saturated rings. The van der Waals surface area contributed by atoms with Crippen molar-refractivity contribution in [3.8, 4) is 0 Å². The molecule has 2 heteroatoms. The normalized spacial score (nSPS) is 22.8. The van der Waals surface area contributed by atoms with Gasteiger partial charge in [0.15, 0.2) is 0 Å². The van der Waals surface area contributed by atoms with E-state index >= 15 is 0 Å². The maximum atomic E-state index is 5.92. The molecule has 0 bridgehead atoms. The van der Waals surface area contributed by atoms with Crippen molar-refractivity contribution in [2.75, 3.05) is 25.9 Å². The Hall–Kier alpha value is -1.02. The summed E-state index contributed by atoms with van der Waals surface area (Å²) < 4.78 is 0. The summed E-state index contributed by atoms with van der Waals surface area (Å²) >= 11 is 0. The molecule has 1 aliphatic rings. The lowest BCUT2D eigenvalue weighted by Crippen LogP contribution is -2.15. The van der Waals surface area contributed by atoms with Crippen LogP contribution >= 0.6 is 0 Å². The minimum absolute atomic E-state index is 0.796. The molecule has 0 aliphatic carbocycles. The van der Waals surface area contributed by atoms with Gasteiger partial charge in [0.25, 0.3) is 0 Å². The van der Waals surface area contributed by atoms with Crippen LogP contribution in [0.3, 0.4) is 0 Å². The van der Waals surface area contributed by atoms with Crippen LogP contribution in [-0.2, 0) is 6.42 Å². The molecule has 14 heavy (non-hydrogen) atoms. The zero-order valence-electron chi connectivity index (χ0n) is 8.74. The molecule has 2 rings (SSSR count). The molecule has 1 heterocycles. The zero-order chi connectivity index (χ0) is 9.97. The third-order valence-electron chi connectivity index (χ3n) is 3.05. The second kappa shape index (κ2) is 4.01.